The van der Waals surface area contributed by atoms with E-state index in [4.69, 9.17) is 5.73 Å². The van der Waals surface area contributed by atoms with Crippen LogP contribution in [0.25, 0.3) is 0 Å². The van der Waals surface area contributed by atoms with Crippen LogP contribution in [0.4, 0.5) is 5.69 Å². The first kappa shape index (κ1) is 15.0. The van der Waals surface area contributed by atoms with E-state index in [9.17, 15) is 9.59 Å². The van der Waals surface area contributed by atoms with Gasteiger partial charge < -0.3 is 15.4 Å². The summed E-state index contributed by atoms with van der Waals surface area (Å²) in [6, 6.07) is 5.20. The molecule has 1 aromatic carbocycles. The van der Waals surface area contributed by atoms with Gasteiger partial charge in [0.1, 0.15) is 6.54 Å². The van der Waals surface area contributed by atoms with Crippen LogP contribution in [0.2, 0.25) is 0 Å². The molecule has 0 bridgehead atoms. The summed E-state index contributed by atoms with van der Waals surface area (Å²) in [4.78, 5) is 25.2. The Kier molecular flexibility index (Phi) is 5.36. The topological polar surface area (TPSA) is 72.6 Å². The standard InChI is InChI=1S/C14H20N2O3/c1-4-8-16(9-13(17)19-3)14(18)11-6-5-7-12(15)10(11)2/h5-7H,4,8-9,15H2,1-3H3. The fourth-order valence-electron chi connectivity index (χ4n) is 1.80. The number of rotatable bonds is 5. The molecule has 5 nitrogen and oxygen atoms in total. The van der Waals surface area contributed by atoms with Gasteiger partial charge in [0, 0.05) is 17.8 Å². The van der Waals surface area contributed by atoms with Gasteiger partial charge >= 0.3 is 5.97 Å². The third-order valence-corrected chi connectivity index (χ3v) is 2.93. The molecule has 1 amide bonds. The Morgan fingerprint density at radius 2 is 2.05 bits per heavy atom. The zero-order valence-corrected chi connectivity index (χ0v) is 11.6. The molecule has 0 heterocycles. The molecule has 0 fully saturated rings. The molecular formula is C14H20N2O3. The van der Waals surface area contributed by atoms with Crippen LogP contribution in [-0.2, 0) is 9.53 Å². The maximum Gasteiger partial charge on any atom is 0.325 e. The lowest BCUT2D eigenvalue weighted by molar-refractivity contribution is -0.141. The highest BCUT2D eigenvalue weighted by molar-refractivity contribution is 5.98. The molecule has 0 saturated carbocycles. The van der Waals surface area contributed by atoms with Crippen LogP contribution in [-0.4, -0.2) is 37.0 Å². The van der Waals surface area contributed by atoms with Crippen molar-refractivity contribution in [1.29, 1.82) is 0 Å². The summed E-state index contributed by atoms with van der Waals surface area (Å²) >= 11 is 0. The summed E-state index contributed by atoms with van der Waals surface area (Å²) in [5.41, 5.74) is 7.63. The molecule has 0 aliphatic heterocycles. The van der Waals surface area contributed by atoms with Crippen LogP contribution in [0, 0.1) is 6.92 Å². The monoisotopic (exact) mass is 264 g/mol. The van der Waals surface area contributed by atoms with Gasteiger partial charge in [-0.2, -0.15) is 0 Å². The third-order valence-electron chi connectivity index (χ3n) is 2.93. The van der Waals surface area contributed by atoms with Crippen LogP contribution < -0.4 is 5.73 Å². The van der Waals surface area contributed by atoms with Crippen LogP contribution in [0.1, 0.15) is 29.3 Å². The predicted molar refractivity (Wildman–Crippen MR) is 73.8 cm³/mol. The van der Waals surface area contributed by atoms with E-state index in [0.717, 1.165) is 12.0 Å². The Bertz CT molecular complexity index is 472. The second-order valence-electron chi connectivity index (χ2n) is 4.32. The average Bonchev–Trinajstić information content (AvgIpc) is 2.40. The van der Waals surface area contributed by atoms with Gasteiger partial charge in [-0.25, -0.2) is 0 Å². The second kappa shape index (κ2) is 6.78. The number of hydrogen-bond acceptors (Lipinski definition) is 4. The molecule has 2 N–H and O–H groups in total. The van der Waals surface area contributed by atoms with E-state index in [1.807, 2.05) is 6.92 Å². The summed E-state index contributed by atoms with van der Waals surface area (Å²) in [6.07, 6.45) is 0.768. The Labute approximate surface area is 113 Å². The van der Waals surface area contributed by atoms with Crippen LogP contribution in [0.3, 0.4) is 0 Å². The van der Waals surface area contributed by atoms with E-state index in [1.165, 1.54) is 12.0 Å². The summed E-state index contributed by atoms with van der Waals surface area (Å²) in [5.74, 6) is -0.625. The number of amides is 1. The number of methoxy groups -OCH3 is 1. The Morgan fingerprint density at radius 3 is 2.63 bits per heavy atom. The number of ether oxygens (including phenoxy) is 1. The Morgan fingerprint density at radius 1 is 1.37 bits per heavy atom. The molecule has 5 heteroatoms. The number of carbonyl (C=O) groups is 2. The highest BCUT2D eigenvalue weighted by atomic mass is 16.5. The quantitative estimate of drug-likeness (QED) is 0.647. The van der Waals surface area contributed by atoms with E-state index in [1.54, 1.807) is 25.1 Å². The van der Waals surface area contributed by atoms with Gasteiger partial charge in [-0.1, -0.05) is 13.0 Å². The van der Waals surface area contributed by atoms with Crippen LogP contribution in [0.5, 0.6) is 0 Å². The molecule has 19 heavy (non-hydrogen) atoms. The average molecular weight is 264 g/mol. The first-order valence-corrected chi connectivity index (χ1v) is 6.22. The van der Waals surface area contributed by atoms with Gasteiger partial charge in [-0.3, -0.25) is 9.59 Å². The number of nitrogens with zero attached hydrogens (tertiary/aromatic N) is 1. The lowest BCUT2D eigenvalue weighted by Crippen LogP contribution is -2.37. The number of anilines is 1. The van der Waals surface area contributed by atoms with Crippen molar-refractivity contribution >= 4 is 17.6 Å². The van der Waals surface area contributed by atoms with Crippen LogP contribution in [0.15, 0.2) is 18.2 Å². The fraction of sp³-hybridized carbons (Fsp3) is 0.429. The molecule has 0 atom stereocenters. The molecule has 104 valence electrons. The van der Waals surface area contributed by atoms with Crippen molar-refractivity contribution in [3.63, 3.8) is 0 Å². The normalized spacial score (nSPS) is 10.1. The van der Waals surface area contributed by atoms with Crippen molar-refractivity contribution < 1.29 is 14.3 Å². The van der Waals surface area contributed by atoms with E-state index in [0.29, 0.717) is 17.8 Å². The van der Waals surface area contributed by atoms with Crippen molar-refractivity contribution in [3.8, 4) is 0 Å². The van der Waals surface area contributed by atoms with Gasteiger partial charge in [0.15, 0.2) is 0 Å². The molecule has 0 unspecified atom stereocenters. The van der Waals surface area contributed by atoms with Gasteiger partial charge in [0.05, 0.1) is 7.11 Å². The van der Waals surface area contributed by atoms with Crippen molar-refractivity contribution in [3.05, 3.63) is 29.3 Å². The van der Waals surface area contributed by atoms with Crippen molar-refractivity contribution in [1.82, 2.24) is 4.90 Å². The molecular weight excluding hydrogens is 244 g/mol. The molecule has 1 rings (SSSR count). The largest absolute Gasteiger partial charge is 0.468 e. The maximum absolute atomic E-state index is 12.4. The van der Waals surface area contributed by atoms with E-state index in [2.05, 4.69) is 4.74 Å². The van der Waals surface area contributed by atoms with Gasteiger partial charge in [-0.15, -0.1) is 0 Å². The number of carbonyl (C=O) groups excluding carboxylic acids is 2. The Hall–Kier alpha value is -2.04. The maximum atomic E-state index is 12.4. The summed E-state index contributed by atoms with van der Waals surface area (Å²) < 4.78 is 4.61. The smallest absolute Gasteiger partial charge is 0.325 e. The van der Waals surface area contributed by atoms with Crippen molar-refractivity contribution in [2.24, 2.45) is 0 Å². The lowest BCUT2D eigenvalue weighted by atomic mass is 10.1. The van der Waals surface area contributed by atoms with Gasteiger partial charge in [-0.05, 0) is 31.0 Å². The predicted octanol–water partition coefficient (Wildman–Crippen LogP) is 1.60. The second-order valence-corrected chi connectivity index (χ2v) is 4.32. The third kappa shape index (κ3) is 3.71. The molecule has 0 aromatic heterocycles. The number of hydrogen-bond donors (Lipinski definition) is 1. The van der Waals surface area contributed by atoms with E-state index in [-0.39, 0.29) is 12.5 Å². The summed E-state index contributed by atoms with van der Waals surface area (Å²) in [6.45, 7) is 4.20. The highest BCUT2D eigenvalue weighted by Crippen LogP contribution is 2.17. The zero-order valence-electron chi connectivity index (χ0n) is 11.6. The minimum Gasteiger partial charge on any atom is -0.468 e. The number of nitrogens with two attached hydrogens (primary N) is 1. The summed E-state index contributed by atoms with van der Waals surface area (Å²) in [7, 11) is 1.31. The van der Waals surface area contributed by atoms with Gasteiger partial charge in [0.2, 0.25) is 0 Å². The zero-order chi connectivity index (χ0) is 14.4. The van der Waals surface area contributed by atoms with E-state index < -0.39 is 5.97 Å². The minimum atomic E-state index is -0.427. The molecule has 0 spiro atoms. The fourth-order valence-corrected chi connectivity index (χ4v) is 1.80. The summed E-state index contributed by atoms with van der Waals surface area (Å²) in [5, 5.41) is 0. The van der Waals surface area contributed by atoms with Crippen LogP contribution >= 0.6 is 0 Å². The van der Waals surface area contributed by atoms with E-state index >= 15 is 0 Å². The first-order chi connectivity index (χ1) is 9.01. The SMILES string of the molecule is CCCN(CC(=O)OC)C(=O)c1cccc(N)c1C. The van der Waals surface area contributed by atoms with Gasteiger partial charge in [0.25, 0.3) is 5.91 Å². The van der Waals surface area contributed by atoms with Crippen molar-refractivity contribution in [2.45, 2.75) is 20.3 Å². The lowest BCUT2D eigenvalue weighted by Gasteiger charge is -2.22. The number of benzene rings is 1. The Balaban J connectivity index is 2.98. The molecule has 0 saturated heterocycles. The van der Waals surface area contributed by atoms with Crippen molar-refractivity contribution in [2.75, 3.05) is 25.9 Å². The minimum absolute atomic E-state index is 0.0442. The first-order valence-electron chi connectivity index (χ1n) is 6.22. The highest BCUT2D eigenvalue weighted by Gasteiger charge is 2.20. The number of esters is 1. The molecule has 0 aliphatic carbocycles. The molecule has 0 aliphatic rings. The molecule has 0 radical (unpaired) electrons. The number of nitrogen functional groups attached to an aromatic ring is 1. The molecule has 1 aromatic rings.